The van der Waals surface area contributed by atoms with Crippen molar-refractivity contribution in [3.8, 4) is 0 Å². The summed E-state index contributed by atoms with van der Waals surface area (Å²) in [6.07, 6.45) is 0.161. The Morgan fingerprint density at radius 3 is 2.25 bits per heavy atom. The van der Waals surface area contributed by atoms with Gasteiger partial charge in [0, 0.05) is 0 Å². The van der Waals surface area contributed by atoms with Gasteiger partial charge >= 0.3 is 0 Å². The lowest BCUT2D eigenvalue weighted by Gasteiger charge is -2.14. The molecule has 106 valence electrons. The molecule has 0 saturated heterocycles. The molecule has 0 aliphatic heterocycles. The summed E-state index contributed by atoms with van der Waals surface area (Å²) in [5, 5.41) is 0. The zero-order valence-corrected chi connectivity index (χ0v) is 12.4. The minimum atomic E-state index is -3.71. The largest absolute Gasteiger partial charge is 0.297 e. The molecule has 0 fully saturated rings. The van der Waals surface area contributed by atoms with E-state index in [1.165, 1.54) is 0 Å². The third-order valence-corrected chi connectivity index (χ3v) is 4.60. The van der Waals surface area contributed by atoms with Crippen molar-refractivity contribution in [3.63, 3.8) is 0 Å². The van der Waals surface area contributed by atoms with Gasteiger partial charge in [0.25, 0.3) is 10.1 Å². The summed E-state index contributed by atoms with van der Waals surface area (Å²) < 4.78 is 29.7. The molecule has 3 nitrogen and oxygen atoms in total. The van der Waals surface area contributed by atoms with Crippen LogP contribution in [0.1, 0.15) is 18.1 Å². The van der Waals surface area contributed by atoms with Crippen molar-refractivity contribution in [3.05, 3.63) is 65.7 Å². The molecule has 0 aliphatic rings. The van der Waals surface area contributed by atoms with E-state index in [4.69, 9.17) is 4.18 Å². The Hall–Kier alpha value is -1.65. The fourth-order valence-corrected chi connectivity index (χ4v) is 3.40. The molecule has 1 atom stereocenters. The zero-order valence-electron chi connectivity index (χ0n) is 11.6. The first-order valence-electron chi connectivity index (χ1n) is 6.52. The predicted octanol–water partition coefficient (Wildman–Crippen LogP) is 3.33. The highest BCUT2D eigenvalue weighted by molar-refractivity contribution is 7.86. The zero-order chi connectivity index (χ0) is 14.6. The highest BCUT2D eigenvalue weighted by Crippen LogP contribution is 2.19. The van der Waals surface area contributed by atoms with Gasteiger partial charge < -0.3 is 0 Å². The Morgan fingerprint density at radius 1 is 1.00 bits per heavy atom. The normalized spacial score (nSPS) is 13.1. The van der Waals surface area contributed by atoms with Crippen molar-refractivity contribution in [2.75, 3.05) is 0 Å². The van der Waals surface area contributed by atoms with Gasteiger partial charge in [0.1, 0.15) is 0 Å². The Balaban J connectivity index is 2.11. The van der Waals surface area contributed by atoms with Gasteiger partial charge in [0.15, 0.2) is 0 Å². The van der Waals surface area contributed by atoms with E-state index in [0.717, 1.165) is 5.56 Å². The molecule has 0 aromatic heterocycles. The van der Waals surface area contributed by atoms with Gasteiger partial charge in [-0.05, 0) is 37.5 Å². The van der Waals surface area contributed by atoms with Gasteiger partial charge in [-0.2, -0.15) is 8.42 Å². The molecule has 0 spiro atoms. The van der Waals surface area contributed by atoms with Crippen LogP contribution in [-0.2, 0) is 20.7 Å². The van der Waals surface area contributed by atoms with Crippen LogP contribution in [0.25, 0.3) is 0 Å². The minimum absolute atomic E-state index is 0.236. The topological polar surface area (TPSA) is 43.4 Å². The lowest BCUT2D eigenvalue weighted by molar-refractivity contribution is 0.229. The lowest BCUT2D eigenvalue weighted by Crippen LogP contribution is -2.18. The molecule has 2 rings (SSSR count). The molecular weight excluding hydrogens is 272 g/mol. The summed E-state index contributed by atoms with van der Waals surface area (Å²) in [4.78, 5) is 0.236. The number of rotatable bonds is 5. The fraction of sp³-hybridized carbons (Fsp3) is 0.250. The smallest absolute Gasteiger partial charge is 0.263 e. The van der Waals surface area contributed by atoms with Crippen molar-refractivity contribution in [2.45, 2.75) is 31.3 Å². The second kappa shape index (κ2) is 6.20. The van der Waals surface area contributed by atoms with E-state index in [9.17, 15) is 8.42 Å². The van der Waals surface area contributed by atoms with Gasteiger partial charge in [-0.15, -0.1) is 0 Å². The fourth-order valence-electron chi connectivity index (χ4n) is 2.09. The van der Waals surface area contributed by atoms with Crippen molar-refractivity contribution >= 4 is 10.1 Å². The van der Waals surface area contributed by atoms with E-state index < -0.39 is 16.2 Å². The average molecular weight is 290 g/mol. The van der Waals surface area contributed by atoms with Gasteiger partial charge in [-0.25, -0.2) is 0 Å². The lowest BCUT2D eigenvalue weighted by atomic mass is 10.1. The summed E-state index contributed by atoms with van der Waals surface area (Å²) >= 11 is 0. The molecule has 0 heterocycles. The predicted molar refractivity (Wildman–Crippen MR) is 79.1 cm³/mol. The monoisotopic (exact) mass is 290 g/mol. The maximum Gasteiger partial charge on any atom is 0.297 e. The highest BCUT2D eigenvalue weighted by Gasteiger charge is 2.20. The summed E-state index contributed by atoms with van der Waals surface area (Å²) in [5.41, 5.74) is 1.75. The summed E-state index contributed by atoms with van der Waals surface area (Å²) in [7, 11) is -3.71. The van der Waals surface area contributed by atoms with Crippen LogP contribution < -0.4 is 0 Å². The molecule has 0 bridgehead atoms. The van der Waals surface area contributed by atoms with Crippen LogP contribution in [-0.4, -0.2) is 14.5 Å². The Labute approximate surface area is 120 Å². The quantitative estimate of drug-likeness (QED) is 0.793. The SMILES string of the molecule is Cc1ccccc1S(=O)(=O)OC(C)Cc1ccccc1. The van der Waals surface area contributed by atoms with Crippen molar-refractivity contribution in [2.24, 2.45) is 0 Å². The van der Waals surface area contributed by atoms with Gasteiger partial charge in [0.05, 0.1) is 11.0 Å². The first-order chi connectivity index (χ1) is 9.49. The van der Waals surface area contributed by atoms with Crippen molar-refractivity contribution in [1.82, 2.24) is 0 Å². The van der Waals surface area contributed by atoms with Crippen LogP contribution in [0, 0.1) is 6.92 Å². The van der Waals surface area contributed by atoms with E-state index >= 15 is 0 Å². The molecule has 0 aliphatic carbocycles. The molecule has 20 heavy (non-hydrogen) atoms. The third-order valence-electron chi connectivity index (χ3n) is 3.02. The minimum Gasteiger partial charge on any atom is -0.263 e. The molecule has 0 amide bonds. The standard InChI is InChI=1S/C16H18O3S/c1-13-8-6-7-11-16(13)20(17,18)19-14(2)12-15-9-4-3-5-10-15/h3-11,14H,12H2,1-2H3. The molecule has 0 radical (unpaired) electrons. The summed E-state index contributed by atoms with van der Waals surface area (Å²) in [6.45, 7) is 3.53. The van der Waals surface area contributed by atoms with E-state index in [0.29, 0.717) is 12.0 Å². The molecule has 1 unspecified atom stereocenters. The Bertz CT molecular complexity index is 663. The van der Waals surface area contributed by atoms with Gasteiger partial charge in [-0.3, -0.25) is 4.18 Å². The van der Waals surface area contributed by atoms with Crippen LogP contribution in [0.3, 0.4) is 0 Å². The number of benzene rings is 2. The van der Waals surface area contributed by atoms with Crippen LogP contribution >= 0.6 is 0 Å². The molecule has 2 aromatic carbocycles. The number of hydrogen-bond acceptors (Lipinski definition) is 3. The van der Waals surface area contributed by atoms with E-state index in [2.05, 4.69) is 0 Å². The highest BCUT2D eigenvalue weighted by atomic mass is 32.2. The second-order valence-electron chi connectivity index (χ2n) is 4.82. The van der Waals surface area contributed by atoms with Crippen LogP contribution in [0.5, 0.6) is 0 Å². The Kier molecular flexibility index (Phi) is 4.57. The number of hydrogen-bond donors (Lipinski definition) is 0. The maximum absolute atomic E-state index is 12.2. The van der Waals surface area contributed by atoms with Crippen LogP contribution in [0.4, 0.5) is 0 Å². The molecule has 0 N–H and O–H groups in total. The van der Waals surface area contributed by atoms with E-state index in [1.807, 2.05) is 36.4 Å². The average Bonchev–Trinajstić information content (AvgIpc) is 2.39. The first kappa shape index (κ1) is 14.8. The number of aryl methyl sites for hydroxylation is 1. The van der Waals surface area contributed by atoms with E-state index in [1.54, 1.807) is 32.0 Å². The third kappa shape index (κ3) is 3.68. The van der Waals surface area contributed by atoms with Crippen molar-refractivity contribution < 1.29 is 12.6 Å². The molecular formula is C16H18O3S. The van der Waals surface area contributed by atoms with Gasteiger partial charge in [-0.1, -0.05) is 48.5 Å². The molecule has 0 saturated carbocycles. The van der Waals surface area contributed by atoms with E-state index in [-0.39, 0.29) is 4.90 Å². The van der Waals surface area contributed by atoms with Crippen LogP contribution in [0.15, 0.2) is 59.5 Å². The van der Waals surface area contributed by atoms with Gasteiger partial charge in [0.2, 0.25) is 0 Å². The van der Waals surface area contributed by atoms with Crippen molar-refractivity contribution in [1.29, 1.82) is 0 Å². The first-order valence-corrected chi connectivity index (χ1v) is 7.93. The molecule has 2 aromatic rings. The Morgan fingerprint density at radius 2 is 1.60 bits per heavy atom. The summed E-state index contributed by atoms with van der Waals surface area (Å²) in [5.74, 6) is 0. The summed E-state index contributed by atoms with van der Waals surface area (Å²) in [6, 6.07) is 16.5. The molecule has 4 heteroatoms. The van der Waals surface area contributed by atoms with Crippen LogP contribution in [0.2, 0.25) is 0 Å². The maximum atomic E-state index is 12.2. The second-order valence-corrected chi connectivity index (χ2v) is 6.36.